The second-order valence-corrected chi connectivity index (χ2v) is 6.72. The predicted octanol–water partition coefficient (Wildman–Crippen LogP) is 2.88. The third-order valence-corrected chi connectivity index (χ3v) is 4.68. The molecule has 6 nitrogen and oxygen atoms in total. The van der Waals surface area contributed by atoms with Gasteiger partial charge in [-0.1, -0.05) is 23.2 Å². The van der Waals surface area contributed by atoms with Crippen molar-refractivity contribution >= 4 is 51.7 Å². The minimum absolute atomic E-state index is 0.00860. The van der Waals surface area contributed by atoms with Crippen LogP contribution in [-0.4, -0.2) is 25.5 Å². The van der Waals surface area contributed by atoms with Crippen LogP contribution in [-0.2, 0) is 10.0 Å². The zero-order chi connectivity index (χ0) is 15.6. The minimum atomic E-state index is -3.97. The SMILES string of the molecule is COc1ncc(Cl)nc1NS(=O)(=O)c1cc(Cl)ccc1S. The van der Waals surface area contributed by atoms with Crippen LogP contribution in [0.1, 0.15) is 0 Å². The molecule has 0 fully saturated rings. The van der Waals surface area contributed by atoms with E-state index in [1.54, 1.807) is 0 Å². The van der Waals surface area contributed by atoms with Crippen molar-refractivity contribution < 1.29 is 13.2 Å². The first-order chi connectivity index (χ1) is 9.83. The van der Waals surface area contributed by atoms with Crippen molar-refractivity contribution in [2.75, 3.05) is 11.8 Å². The van der Waals surface area contributed by atoms with E-state index in [-0.39, 0.29) is 31.7 Å². The highest BCUT2D eigenvalue weighted by atomic mass is 35.5. The lowest BCUT2D eigenvalue weighted by Crippen LogP contribution is -2.16. The quantitative estimate of drug-likeness (QED) is 0.814. The number of thiol groups is 1. The molecule has 0 saturated carbocycles. The molecule has 0 aliphatic rings. The van der Waals surface area contributed by atoms with Crippen molar-refractivity contribution in [2.24, 2.45) is 0 Å². The number of methoxy groups -OCH3 is 1. The number of sulfonamides is 1. The van der Waals surface area contributed by atoms with Gasteiger partial charge in [-0.25, -0.2) is 18.4 Å². The Labute approximate surface area is 136 Å². The topological polar surface area (TPSA) is 81.2 Å². The van der Waals surface area contributed by atoms with Crippen molar-refractivity contribution in [3.05, 3.63) is 34.6 Å². The van der Waals surface area contributed by atoms with Crippen molar-refractivity contribution in [1.82, 2.24) is 9.97 Å². The summed E-state index contributed by atoms with van der Waals surface area (Å²) in [6, 6.07) is 4.28. The molecule has 0 spiro atoms. The van der Waals surface area contributed by atoms with Gasteiger partial charge in [-0.15, -0.1) is 12.6 Å². The average Bonchev–Trinajstić information content (AvgIpc) is 2.41. The molecule has 0 amide bonds. The van der Waals surface area contributed by atoms with Crippen LogP contribution in [0.15, 0.2) is 34.2 Å². The number of anilines is 1. The lowest BCUT2D eigenvalue weighted by Gasteiger charge is -2.11. The summed E-state index contributed by atoms with van der Waals surface area (Å²) in [5, 5.41) is 0.281. The van der Waals surface area contributed by atoms with Crippen LogP contribution in [0.4, 0.5) is 5.82 Å². The van der Waals surface area contributed by atoms with Crippen molar-refractivity contribution in [1.29, 1.82) is 0 Å². The van der Waals surface area contributed by atoms with E-state index in [4.69, 9.17) is 27.9 Å². The molecule has 0 aliphatic carbocycles. The van der Waals surface area contributed by atoms with Gasteiger partial charge in [-0.05, 0) is 18.2 Å². The predicted molar refractivity (Wildman–Crippen MR) is 83.1 cm³/mol. The fourth-order valence-corrected chi connectivity index (χ4v) is 3.45. The molecule has 0 radical (unpaired) electrons. The van der Waals surface area contributed by atoms with Crippen LogP contribution in [0.3, 0.4) is 0 Å². The zero-order valence-electron chi connectivity index (χ0n) is 10.5. The number of rotatable bonds is 4. The molecule has 0 unspecified atom stereocenters. The van der Waals surface area contributed by atoms with Gasteiger partial charge in [0.25, 0.3) is 15.9 Å². The van der Waals surface area contributed by atoms with Crippen molar-refractivity contribution in [2.45, 2.75) is 9.79 Å². The largest absolute Gasteiger partial charge is 0.478 e. The van der Waals surface area contributed by atoms with Gasteiger partial charge in [0.15, 0.2) is 0 Å². The van der Waals surface area contributed by atoms with E-state index in [9.17, 15) is 8.42 Å². The Hall–Kier alpha value is -1.22. The minimum Gasteiger partial charge on any atom is -0.478 e. The lowest BCUT2D eigenvalue weighted by molar-refractivity contribution is 0.398. The molecule has 0 saturated heterocycles. The van der Waals surface area contributed by atoms with E-state index in [1.807, 2.05) is 0 Å². The van der Waals surface area contributed by atoms with Gasteiger partial charge < -0.3 is 4.74 Å². The maximum Gasteiger partial charge on any atom is 0.264 e. The van der Waals surface area contributed by atoms with Crippen LogP contribution in [0.5, 0.6) is 5.88 Å². The van der Waals surface area contributed by atoms with Gasteiger partial charge >= 0.3 is 0 Å². The van der Waals surface area contributed by atoms with Gasteiger partial charge in [0.2, 0.25) is 5.82 Å². The maximum absolute atomic E-state index is 12.4. The standard InChI is InChI=1S/C11H9Cl2N3O3S2/c1-19-11-10(15-9(13)5-14-11)16-21(17,18)8-4-6(12)2-3-7(8)20/h2-5,20H,1H3,(H,15,16). The summed E-state index contributed by atoms with van der Waals surface area (Å²) < 4.78 is 31.9. The highest BCUT2D eigenvalue weighted by molar-refractivity contribution is 7.93. The van der Waals surface area contributed by atoms with E-state index < -0.39 is 10.0 Å². The Balaban J connectivity index is 2.47. The summed E-state index contributed by atoms with van der Waals surface area (Å²) in [7, 11) is -2.64. The summed E-state index contributed by atoms with van der Waals surface area (Å²) in [4.78, 5) is 7.80. The van der Waals surface area contributed by atoms with Crippen LogP contribution in [0.25, 0.3) is 0 Å². The highest BCUT2D eigenvalue weighted by Gasteiger charge is 2.21. The van der Waals surface area contributed by atoms with Crippen LogP contribution in [0, 0.1) is 0 Å². The second kappa shape index (κ2) is 6.27. The van der Waals surface area contributed by atoms with Crippen LogP contribution in [0.2, 0.25) is 10.2 Å². The number of ether oxygens (including phenoxy) is 1. The molecule has 10 heteroatoms. The summed E-state index contributed by atoms with van der Waals surface area (Å²) in [6.07, 6.45) is 1.24. The molecule has 0 bridgehead atoms. The van der Waals surface area contributed by atoms with Crippen molar-refractivity contribution in [3.8, 4) is 5.88 Å². The van der Waals surface area contributed by atoms with E-state index >= 15 is 0 Å². The third kappa shape index (κ3) is 3.70. The summed E-state index contributed by atoms with van der Waals surface area (Å²) in [5.41, 5.74) is 0. The van der Waals surface area contributed by atoms with E-state index in [2.05, 4.69) is 27.3 Å². The Morgan fingerprint density at radius 2 is 2.05 bits per heavy atom. The maximum atomic E-state index is 12.4. The molecule has 21 heavy (non-hydrogen) atoms. The van der Waals surface area contributed by atoms with E-state index in [0.29, 0.717) is 0 Å². The lowest BCUT2D eigenvalue weighted by atomic mass is 10.4. The van der Waals surface area contributed by atoms with Gasteiger partial charge in [-0.2, -0.15) is 0 Å². The second-order valence-electron chi connectivity index (χ2n) is 3.77. The molecule has 1 aromatic heterocycles. The Bertz CT molecular complexity index is 784. The number of benzene rings is 1. The molecule has 0 aliphatic heterocycles. The Kier molecular flexibility index (Phi) is 4.82. The fraction of sp³-hybridized carbons (Fsp3) is 0.0909. The molecular weight excluding hydrogens is 357 g/mol. The molecule has 1 aromatic carbocycles. The summed E-state index contributed by atoms with van der Waals surface area (Å²) >= 11 is 15.6. The number of hydrogen-bond donors (Lipinski definition) is 2. The Morgan fingerprint density at radius 3 is 2.71 bits per heavy atom. The van der Waals surface area contributed by atoms with Gasteiger partial charge in [-0.3, -0.25) is 4.72 Å². The third-order valence-electron chi connectivity index (χ3n) is 2.35. The normalized spacial score (nSPS) is 11.2. The molecule has 112 valence electrons. The van der Waals surface area contributed by atoms with Gasteiger partial charge in [0.05, 0.1) is 13.3 Å². The van der Waals surface area contributed by atoms with Crippen molar-refractivity contribution in [3.63, 3.8) is 0 Å². The van der Waals surface area contributed by atoms with Crippen LogP contribution < -0.4 is 9.46 Å². The molecule has 1 heterocycles. The smallest absolute Gasteiger partial charge is 0.264 e. The first kappa shape index (κ1) is 16.2. The summed E-state index contributed by atoms with van der Waals surface area (Å²) in [6.45, 7) is 0. The molecule has 2 rings (SSSR count). The van der Waals surface area contributed by atoms with E-state index in [1.165, 1.54) is 31.5 Å². The molecular formula is C11H9Cl2N3O3S2. The summed E-state index contributed by atoms with van der Waals surface area (Å²) in [5.74, 6) is -0.136. The average molecular weight is 366 g/mol. The monoisotopic (exact) mass is 365 g/mol. The van der Waals surface area contributed by atoms with Gasteiger partial charge in [0.1, 0.15) is 10.0 Å². The fourth-order valence-electron chi connectivity index (χ4n) is 1.46. The van der Waals surface area contributed by atoms with E-state index in [0.717, 1.165) is 0 Å². The number of halogens is 2. The molecule has 2 aromatic rings. The number of nitrogens with zero attached hydrogens (tertiary/aromatic N) is 2. The zero-order valence-corrected chi connectivity index (χ0v) is 13.8. The number of hydrogen-bond acceptors (Lipinski definition) is 6. The molecule has 1 N–H and O–H groups in total. The van der Waals surface area contributed by atoms with Gasteiger partial charge in [0, 0.05) is 9.92 Å². The Morgan fingerprint density at radius 1 is 1.33 bits per heavy atom. The first-order valence-corrected chi connectivity index (χ1v) is 8.10. The first-order valence-electron chi connectivity index (χ1n) is 5.41. The molecule has 0 atom stereocenters. The number of aromatic nitrogens is 2. The highest BCUT2D eigenvalue weighted by Crippen LogP contribution is 2.28. The number of nitrogens with one attached hydrogen (secondary N) is 1. The van der Waals surface area contributed by atoms with Crippen LogP contribution >= 0.6 is 35.8 Å².